The number of carbonyl (C=O) groups is 4. The van der Waals surface area contributed by atoms with E-state index in [9.17, 15) is 55.7 Å². The fourth-order valence-electron chi connectivity index (χ4n) is 4.80. The molecule has 4 aromatic rings. The third-order valence-corrected chi connectivity index (χ3v) is 7.99. The number of nitrogens with two attached hydrogens (primary N) is 1. The van der Waals surface area contributed by atoms with Crippen LogP contribution in [-0.4, -0.2) is 63.3 Å². The Morgan fingerprint density at radius 1 is 0.651 bits per heavy atom. The molecule has 0 fully saturated rings. The Morgan fingerprint density at radius 3 is 1.35 bits per heavy atom. The van der Waals surface area contributed by atoms with E-state index in [1.165, 1.54) is 44.2 Å². The summed E-state index contributed by atoms with van der Waals surface area (Å²) in [6.07, 6.45) is -12.2. The Hall–Kier alpha value is -8.22. The number of aliphatic carboxylic acids is 1. The first-order chi connectivity index (χ1) is 29.5. The van der Waals surface area contributed by atoms with Gasteiger partial charge in [0.25, 0.3) is 17.7 Å². The number of hydrazine groups is 2. The number of nitrogens with zero attached hydrogens (tertiary/aromatic N) is 4. The molecule has 10 N–H and O–H groups in total. The van der Waals surface area contributed by atoms with E-state index in [4.69, 9.17) is 34.6 Å². The number of nitrogen functional groups attached to an aromatic ring is 1. The highest BCUT2D eigenvalue weighted by Crippen LogP contribution is 2.39. The van der Waals surface area contributed by atoms with Crippen LogP contribution in [0.4, 0.5) is 49.1 Å². The van der Waals surface area contributed by atoms with Gasteiger partial charge in [0.05, 0.1) is 59.7 Å². The Labute approximate surface area is 353 Å². The number of hydrogen-bond acceptors (Lipinski definition) is 11. The average molecular weight is 881 g/mol. The predicted molar refractivity (Wildman–Crippen MR) is 211 cm³/mol. The van der Waals surface area contributed by atoms with Crippen molar-refractivity contribution in [1.29, 1.82) is 10.5 Å². The van der Waals surface area contributed by atoms with Crippen molar-refractivity contribution in [2.75, 3.05) is 10.6 Å². The first kappa shape index (κ1) is 50.9. The van der Waals surface area contributed by atoms with Crippen LogP contribution in [0.3, 0.4) is 0 Å². The maximum atomic E-state index is 13.1. The zero-order chi connectivity index (χ0) is 47.7. The second-order valence-corrected chi connectivity index (χ2v) is 12.5. The zero-order valence-electron chi connectivity index (χ0n) is 32.5. The van der Waals surface area contributed by atoms with Crippen LogP contribution in [0.1, 0.15) is 56.8 Å². The molecular weight excluding hydrogens is 846 g/mol. The van der Waals surface area contributed by atoms with Gasteiger partial charge >= 0.3 is 18.3 Å². The summed E-state index contributed by atoms with van der Waals surface area (Å²) in [5.41, 5.74) is 3.81. The van der Waals surface area contributed by atoms with Crippen molar-refractivity contribution in [3.05, 3.63) is 141 Å². The van der Waals surface area contributed by atoms with E-state index in [0.29, 0.717) is 28.8 Å². The predicted octanol–water partition coefficient (Wildman–Crippen LogP) is 5.41. The molecule has 17 nitrogen and oxygen atoms in total. The van der Waals surface area contributed by atoms with E-state index < -0.39 is 76.9 Å². The molecule has 0 aliphatic carbocycles. The molecule has 0 saturated heterocycles. The van der Waals surface area contributed by atoms with Crippen molar-refractivity contribution >= 4 is 46.4 Å². The highest BCUT2D eigenvalue weighted by molar-refractivity contribution is 5.96. The molecule has 1 unspecified atom stereocenters. The van der Waals surface area contributed by atoms with Crippen LogP contribution >= 0.6 is 0 Å². The summed E-state index contributed by atoms with van der Waals surface area (Å²) < 4.78 is 77.6. The highest BCUT2D eigenvalue weighted by atomic mass is 19.4. The normalized spacial score (nSPS) is 12.4. The third-order valence-electron chi connectivity index (χ3n) is 7.99. The number of carbonyl (C=O) groups excluding carboxylic acids is 3. The number of carboxylic acid groups (broad SMARTS) is 1. The summed E-state index contributed by atoms with van der Waals surface area (Å²) in [5.74, 6) is 1.53. The number of aliphatic hydroxyl groups excluding tert-OH is 2. The molecule has 4 aromatic carbocycles. The lowest BCUT2D eigenvalue weighted by atomic mass is 10.1. The lowest BCUT2D eigenvalue weighted by Gasteiger charge is -2.23. The minimum absolute atomic E-state index is 0.141. The van der Waals surface area contributed by atoms with Crippen LogP contribution in [-0.2, 0) is 21.9 Å². The first-order valence-corrected chi connectivity index (χ1v) is 17.4. The first-order valence-electron chi connectivity index (χ1n) is 17.4. The van der Waals surface area contributed by atoms with Crippen LogP contribution in [0.25, 0.3) is 9.69 Å². The van der Waals surface area contributed by atoms with Gasteiger partial charge < -0.3 is 26.0 Å². The molecule has 0 saturated carbocycles. The molecule has 4 rings (SSSR count). The molecule has 3 amide bonds. The molecular formula is C40H34F6N10O7. The number of nitrogens with one attached hydrogen (secondary N) is 5. The largest absolute Gasteiger partial charge is 0.480 e. The molecule has 0 radical (unpaired) electrons. The number of halogens is 6. The van der Waals surface area contributed by atoms with Crippen molar-refractivity contribution in [2.45, 2.75) is 50.5 Å². The lowest BCUT2D eigenvalue weighted by Crippen LogP contribution is -2.52. The van der Waals surface area contributed by atoms with Gasteiger partial charge in [0.15, 0.2) is 17.4 Å². The molecule has 4 atom stereocenters. The minimum atomic E-state index is -4.78. The summed E-state index contributed by atoms with van der Waals surface area (Å²) >= 11 is 0. The second kappa shape index (κ2) is 23.0. The molecule has 0 aliphatic rings. The van der Waals surface area contributed by atoms with Gasteiger partial charge in [-0.25, -0.2) is 20.3 Å². The smallest absolute Gasteiger partial charge is 0.407 e. The van der Waals surface area contributed by atoms with Gasteiger partial charge in [-0.2, -0.15) is 36.9 Å². The summed E-state index contributed by atoms with van der Waals surface area (Å²) in [6, 6.07) is 18.2. The third kappa shape index (κ3) is 15.4. The molecule has 0 spiro atoms. The van der Waals surface area contributed by atoms with Crippen molar-refractivity contribution < 1.29 is 60.8 Å². The Balaban J connectivity index is 0.000000363. The van der Waals surface area contributed by atoms with E-state index in [-0.39, 0.29) is 22.8 Å². The standard InChI is InChI=1S/C20H16F3N5O3.C12H11F3N2O3.C8H7N3O/c1-11(29)17(26-14-7-8-16(25-2)15(9-14)20(21,22)23)19(31)28-27-18(30)13-5-3-12(10-24)4-6-13;1-6(18)10(11(19)20)17-7-3-4-9(16-2)8(5-7)12(13,14)15;9-5-6-1-3-7(4-2-6)8(12)11-10/h3-9,11,17,26,29H,1H3,(H,27,30)(H,28,31);3-6,10,17-18H,1H3,(H,19,20);1-4H,10H2,(H,11,12)/t11-,17-;6-,10?;/m11./s1. The fraction of sp³-hybridized carbons (Fsp3) is 0.200. The van der Waals surface area contributed by atoms with E-state index in [2.05, 4.69) is 31.2 Å². The maximum absolute atomic E-state index is 13.1. The molecule has 23 heteroatoms. The van der Waals surface area contributed by atoms with Crippen molar-refractivity contribution in [2.24, 2.45) is 5.84 Å². The maximum Gasteiger partial charge on any atom is 0.407 e. The van der Waals surface area contributed by atoms with Crippen LogP contribution in [0.2, 0.25) is 0 Å². The summed E-state index contributed by atoms with van der Waals surface area (Å²) in [7, 11) is 0. The van der Waals surface area contributed by atoms with Gasteiger partial charge in [0.2, 0.25) is 0 Å². The van der Waals surface area contributed by atoms with Crippen LogP contribution in [0.5, 0.6) is 0 Å². The summed E-state index contributed by atoms with van der Waals surface area (Å²) in [5, 5.41) is 49.9. The van der Waals surface area contributed by atoms with Gasteiger partial charge in [-0.3, -0.25) is 30.7 Å². The quantitative estimate of drug-likeness (QED) is 0.0318. The number of amides is 3. The fourth-order valence-corrected chi connectivity index (χ4v) is 4.80. The number of alkyl halides is 6. The lowest BCUT2D eigenvalue weighted by molar-refractivity contribution is -0.140. The molecule has 0 heterocycles. The van der Waals surface area contributed by atoms with Crippen LogP contribution in [0.15, 0.2) is 84.9 Å². The number of nitriles is 2. The Morgan fingerprint density at radius 2 is 1.03 bits per heavy atom. The monoisotopic (exact) mass is 880 g/mol. The van der Waals surface area contributed by atoms with Gasteiger partial charge in [-0.05, 0) is 86.6 Å². The second-order valence-electron chi connectivity index (χ2n) is 12.5. The summed E-state index contributed by atoms with van der Waals surface area (Å²) in [4.78, 5) is 51.8. The number of hydrogen-bond donors (Lipinski definition) is 9. The van der Waals surface area contributed by atoms with Crippen molar-refractivity contribution in [3.8, 4) is 12.1 Å². The van der Waals surface area contributed by atoms with E-state index in [0.717, 1.165) is 18.2 Å². The molecule has 0 aromatic heterocycles. The Kier molecular flexibility index (Phi) is 18.6. The van der Waals surface area contributed by atoms with Gasteiger partial charge in [-0.1, -0.05) is 12.1 Å². The number of carboxylic acids is 1. The number of anilines is 2. The van der Waals surface area contributed by atoms with Crippen molar-refractivity contribution in [1.82, 2.24) is 16.3 Å². The average Bonchev–Trinajstić information content (AvgIpc) is 3.25. The molecule has 63 heavy (non-hydrogen) atoms. The van der Waals surface area contributed by atoms with E-state index >= 15 is 0 Å². The zero-order valence-corrected chi connectivity index (χ0v) is 32.5. The van der Waals surface area contributed by atoms with Crippen molar-refractivity contribution in [3.63, 3.8) is 0 Å². The summed E-state index contributed by atoms with van der Waals surface area (Å²) in [6.45, 7) is 16.0. The minimum Gasteiger partial charge on any atom is -0.480 e. The number of rotatable bonds is 10. The Bertz CT molecular complexity index is 2430. The molecule has 0 bridgehead atoms. The number of aliphatic hydroxyl groups is 2. The van der Waals surface area contributed by atoms with Gasteiger partial charge in [-0.15, -0.1) is 0 Å². The number of benzene rings is 4. The molecule has 328 valence electrons. The van der Waals surface area contributed by atoms with Gasteiger partial charge in [0, 0.05) is 22.5 Å². The van der Waals surface area contributed by atoms with Gasteiger partial charge in [0.1, 0.15) is 6.04 Å². The topological polar surface area (TPSA) is 271 Å². The van der Waals surface area contributed by atoms with E-state index in [1.807, 2.05) is 17.6 Å². The highest BCUT2D eigenvalue weighted by Gasteiger charge is 2.35. The SMILES string of the molecule is N#Cc1ccc(C(=O)NN)cc1.[C-]#[N+]c1ccc(NC(C(=O)O)[C@@H](C)O)cc1C(F)(F)F.[C-]#[N+]c1ccc(N[C@@H](C(=O)NNC(=O)c2ccc(C#N)cc2)[C@@H](C)O)cc1C(F)(F)F. The molecule has 0 aliphatic heterocycles. The van der Waals surface area contributed by atoms with E-state index in [1.54, 1.807) is 24.3 Å². The van der Waals surface area contributed by atoms with Crippen LogP contribution in [0, 0.1) is 35.8 Å². The van der Waals surface area contributed by atoms with Crippen LogP contribution < -0.4 is 32.8 Å².